The summed E-state index contributed by atoms with van der Waals surface area (Å²) in [5, 5.41) is 2.92. The summed E-state index contributed by atoms with van der Waals surface area (Å²) in [6, 6.07) is 13.8. The molecule has 0 radical (unpaired) electrons. The SMILES string of the molecule is Cc1ccc(C(CC(=O)OC(C)C)NC(=O)c2ccc(CN3C(=O)CCC3=O)cc2)cc1. The molecule has 0 spiro atoms. The fraction of sp³-hybridized carbons (Fsp3) is 0.360. The van der Waals surface area contributed by atoms with Gasteiger partial charge in [-0.1, -0.05) is 42.0 Å². The number of amides is 3. The molecular formula is C25H28N2O5. The predicted octanol–water partition coefficient (Wildman–Crippen LogP) is 3.46. The third-order valence-corrected chi connectivity index (χ3v) is 5.23. The minimum Gasteiger partial charge on any atom is -0.463 e. The number of imide groups is 1. The Morgan fingerprint density at radius 3 is 2.12 bits per heavy atom. The maximum absolute atomic E-state index is 12.9. The molecule has 1 aliphatic heterocycles. The van der Waals surface area contributed by atoms with Crippen molar-refractivity contribution in [3.63, 3.8) is 0 Å². The molecule has 0 aromatic heterocycles. The Balaban J connectivity index is 1.70. The standard InChI is InChI=1S/C25H28N2O5/c1-16(2)32-24(30)14-21(19-8-4-17(3)5-9-19)26-25(31)20-10-6-18(7-11-20)15-27-22(28)12-13-23(27)29/h4-11,16,21H,12-15H2,1-3H3,(H,26,31). The zero-order valence-electron chi connectivity index (χ0n) is 18.6. The van der Waals surface area contributed by atoms with Crippen LogP contribution in [0.15, 0.2) is 48.5 Å². The van der Waals surface area contributed by atoms with Gasteiger partial charge in [-0.05, 0) is 44.0 Å². The minimum absolute atomic E-state index is 0.0181. The quantitative estimate of drug-likeness (QED) is 0.505. The number of nitrogens with zero attached hydrogens (tertiary/aromatic N) is 1. The van der Waals surface area contributed by atoms with Crippen LogP contribution in [-0.4, -0.2) is 34.7 Å². The Hall–Kier alpha value is -3.48. The van der Waals surface area contributed by atoms with Crippen LogP contribution in [0.25, 0.3) is 0 Å². The summed E-state index contributed by atoms with van der Waals surface area (Å²) in [7, 11) is 0. The van der Waals surface area contributed by atoms with E-state index in [1.165, 1.54) is 4.90 Å². The lowest BCUT2D eigenvalue weighted by Crippen LogP contribution is -2.31. The first-order valence-corrected chi connectivity index (χ1v) is 10.7. The topological polar surface area (TPSA) is 92.8 Å². The molecule has 1 saturated heterocycles. The molecule has 3 rings (SSSR count). The first kappa shape index (κ1) is 23.2. The van der Waals surface area contributed by atoms with E-state index in [2.05, 4.69) is 5.32 Å². The Morgan fingerprint density at radius 2 is 1.56 bits per heavy atom. The zero-order valence-corrected chi connectivity index (χ0v) is 18.6. The van der Waals surface area contributed by atoms with Gasteiger partial charge in [0, 0.05) is 18.4 Å². The van der Waals surface area contributed by atoms with E-state index in [9.17, 15) is 19.2 Å². The van der Waals surface area contributed by atoms with Crippen molar-refractivity contribution >= 4 is 23.7 Å². The maximum Gasteiger partial charge on any atom is 0.308 e. The second-order valence-electron chi connectivity index (χ2n) is 8.25. The highest BCUT2D eigenvalue weighted by molar-refractivity contribution is 6.01. The van der Waals surface area contributed by atoms with E-state index >= 15 is 0 Å². The molecule has 1 aliphatic rings. The van der Waals surface area contributed by atoms with Crippen LogP contribution in [0.4, 0.5) is 0 Å². The molecule has 1 N–H and O–H groups in total. The molecule has 168 valence electrons. The van der Waals surface area contributed by atoms with Crippen LogP contribution in [0.3, 0.4) is 0 Å². The van der Waals surface area contributed by atoms with E-state index in [-0.39, 0.29) is 55.6 Å². The van der Waals surface area contributed by atoms with E-state index < -0.39 is 6.04 Å². The molecule has 1 unspecified atom stereocenters. The van der Waals surface area contributed by atoms with Crippen molar-refractivity contribution in [1.82, 2.24) is 10.2 Å². The third-order valence-electron chi connectivity index (χ3n) is 5.23. The second kappa shape index (κ2) is 10.2. The summed E-state index contributed by atoms with van der Waals surface area (Å²) in [4.78, 5) is 50.0. The highest BCUT2D eigenvalue weighted by atomic mass is 16.5. The van der Waals surface area contributed by atoms with Crippen LogP contribution in [-0.2, 0) is 25.7 Å². The van der Waals surface area contributed by atoms with Crippen LogP contribution in [0, 0.1) is 6.92 Å². The molecule has 1 atom stereocenters. The lowest BCUT2D eigenvalue weighted by Gasteiger charge is -2.20. The van der Waals surface area contributed by atoms with Crippen LogP contribution in [0.5, 0.6) is 0 Å². The fourth-order valence-electron chi connectivity index (χ4n) is 3.51. The summed E-state index contributed by atoms with van der Waals surface area (Å²) >= 11 is 0. The molecule has 1 fully saturated rings. The number of ether oxygens (including phenoxy) is 1. The number of hydrogen-bond donors (Lipinski definition) is 1. The van der Waals surface area contributed by atoms with Crippen molar-refractivity contribution < 1.29 is 23.9 Å². The van der Waals surface area contributed by atoms with Gasteiger partial charge in [-0.15, -0.1) is 0 Å². The van der Waals surface area contributed by atoms with Gasteiger partial charge < -0.3 is 10.1 Å². The van der Waals surface area contributed by atoms with Crippen molar-refractivity contribution in [2.75, 3.05) is 0 Å². The van der Waals surface area contributed by atoms with Crippen LogP contribution in [0.2, 0.25) is 0 Å². The number of benzene rings is 2. The van der Waals surface area contributed by atoms with E-state index in [1.807, 2.05) is 31.2 Å². The average Bonchev–Trinajstić information content (AvgIpc) is 3.06. The van der Waals surface area contributed by atoms with Crippen molar-refractivity contribution in [1.29, 1.82) is 0 Å². The van der Waals surface area contributed by atoms with Gasteiger partial charge in [0.25, 0.3) is 5.91 Å². The summed E-state index contributed by atoms with van der Waals surface area (Å²) in [5.74, 6) is -1.06. The van der Waals surface area contributed by atoms with Gasteiger partial charge in [0.15, 0.2) is 0 Å². The first-order chi connectivity index (χ1) is 15.2. The Bertz CT molecular complexity index is 980. The van der Waals surface area contributed by atoms with Crippen molar-refractivity contribution in [3.8, 4) is 0 Å². The molecule has 2 aromatic rings. The van der Waals surface area contributed by atoms with Gasteiger partial charge >= 0.3 is 5.97 Å². The van der Waals surface area contributed by atoms with E-state index in [0.717, 1.165) is 16.7 Å². The molecule has 32 heavy (non-hydrogen) atoms. The first-order valence-electron chi connectivity index (χ1n) is 10.7. The van der Waals surface area contributed by atoms with Crippen molar-refractivity contribution in [3.05, 3.63) is 70.8 Å². The second-order valence-corrected chi connectivity index (χ2v) is 8.25. The maximum atomic E-state index is 12.9. The molecular weight excluding hydrogens is 408 g/mol. The molecule has 1 heterocycles. The molecule has 7 heteroatoms. The van der Waals surface area contributed by atoms with E-state index in [1.54, 1.807) is 38.1 Å². The smallest absolute Gasteiger partial charge is 0.308 e. The number of nitrogens with one attached hydrogen (secondary N) is 1. The van der Waals surface area contributed by atoms with Crippen molar-refractivity contribution in [2.24, 2.45) is 0 Å². The number of rotatable bonds is 8. The molecule has 7 nitrogen and oxygen atoms in total. The summed E-state index contributed by atoms with van der Waals surface area (Å²) in [6.07, 6.45) is 0.279. The Labute approximate surface area is 187 Å². The molecule has 2 aromatic carbocycles. The summed E-state index contributed by atoms with van der Waals surface area (Å²) in [5.41, 5.74) is 3.07. The lowest BCUT2D eigenvalue weighted by atomic mass is 10.0. The van der Waals surface area contributed by atoms with Gasteiger partial charge in [-0.25, -0.2) is 0 Å². The van der Waals surface area contributed by atoms with Crippen LogP contribution >= 0.6 is 0 Å². The number of esters is 1. The summed E-state index contributed by atoms with van der Waals surface area (Å²) in [6.45, 7) is 5.73. The van der Waals surface area contributed by atoms with Crippen LogP contribution < -0.4 is 5.32 Å². The number of aryl methyl sites for hydroxylation is 1. The average molecular weight is 437 g/mol. The summed E-state index contributed by atoms with van der Waals surface area (Å²) < 4.78 is 5.26. The van der Waals surface area contributed by atoms with Gasteiger partial charge in [-0.2, -0.15) is 0 Å². The third kappa shape index (κ3) is 6.03. The van der Waals surface area contributed by atoms with Gasteiger partial charge in [0.1, 0.15) is 0 Å². The number of hydrogen-bond acceptors (Lipinski definition) is 5. The number of carbonyl (C=O) groups is 4. The highest BCUT2D eigenvalue weighted by Crippen LogP contribution is 2.20. The molecule has 0 aliphatic carbocycles. The lowest BCUT2D eigenvalue weighted by molar-refractivity contribution is -0.148. The largest absolute Gasteiger partial charge is 0.463 e. The Morgan fingerprint density at radius 1 is 0.969 bits per heavy atom. The normalized spacial score (nSPS) is 14.6. The zero-order chi connectivity index (χ0) is 23.3. The number of likely N-dealkylation sites (tertiary alicyclic amines) is 1. The van der Waals surface area contributed by atoms with Gasteiger partial charge in [0.05, 0.1) is 25.1 Å². The van der Waals surface area contributed by atoms with E-state index in [4.69, 9.17) is 4.74 Å². The highest BCUT2D eigenvalue weighted by Gasteiger charge is 2.28. The minimum atomic E-state index is -0.533. The number of carbonyl (C=O) groups excluding carboxylic acids is 4. The van der Waals surface area contributed by atoms with Gasteiger partial charge in [-0.3, -0.25) is 24.1 Å². The van der Waals surface area contributed by atoms with Crippen molar-refractivity contribution in [2.45, 2.75) is 58.7 Å². The van der Waals surface area contributed by atoms with Crippen LogP contribution in [0.1, 0.15) is 66.2 Å². The van der Waals surface area contributed by atoms with E-state index in [0.29, 0.717) is 5.56 Å². The molecule has 0 bridgehead atoms. The molecule has 3 amide bonds. The monoisotopic (exact) mass is 436 g/mol. The van der Waals surface area contributed by atoms with Gasteiger partial charge in [0.2, 0.25) is 11.8 Å². The molecule has 0 saturated carbocycles. The fourth-order valence-corrected chi connectivity index (χ4v) is 3.51. The Kier molecular flexibility index (Phi) is 7.41. The predicted molar refractivity (Wildman–Crippen MR) is 118 cm³/mol.